The minimum atomic E-state index is -0.771. The maximum Gasteiger partial charge on any atom is 0.279 e. The third-order valence-corrected chi connectivity index (χ3v) is 3.75. The van der Waals surface area contributed by atoms with E-state index in [0.717, 1.165) is 10.0 Å². The van der Waals surface area contributed by atoms with Crippen molar-refractivity contribution >= 4 is 27.7 Å². The van der Waals surface area contributed by atoms with Crippen LogP contribution in [-0.4, -0.2) is 24.5 Å². The Labute approximate surface area is 154 Å². The average Bonchev–Trinajstić information content (AvgIpc) is 2.59. The maximum atomic E-state index is 12.0. The smallest absolute Gasteiger partial charge is 0.279 e. The summed E-state index contributed by atoms with van der Waals surface area (Å²) in [4.78, 5) is 23.7. The number of halogens is 1. The van der Waals surface area contributed by atoms with Gasteiger partial charge in [0, 0.05) is 4.47 Å². The molecule has 2 rings (SSSR count). The lowest BCUT2D eigenvalue weighted by Crippen LogP contribution is -2.48. The number of para-hydroxylation sites is 1. The first kappa shape index (κ1) is 18.8. The number of rotatable bonds is 6. The number of hydrazine groups is 1. The fourth-order valence-corrected chi connectivity index (χ4v) is 2.31. The first-order valence-electron chi connectivity index (χ1n) is 7.65. The summed E-state index contributed by atoms with van der Waals surface area (Å²) in [6.45, 7) is 3.27. The molecular weight excluding hydrogens is 388 g/mol. The zero-order valence-corrected chi connectivity index (χ0v) is 15.5. The molecule has 2 aromatic rings. The van der Waals surface area contributed by atoms with Gasteiger partial charge in [-0.05, 0) is 43.7 Å². The van der Waals surface area contributed by atoms with Crippen LogP contribution in [0.2, 0.25) is 0 Å². The Morgan fingerprint density at radius 3 is 2.60 bits per heavy atom. The molecule has 2 amide bonds. The molecule has 0 saturated heterocycles. The minimum absolute atomic E-state index is 0.202. The molecule has 0 bridgehead atoms. The molecule has 7 heteroatoms. The molecule has 0 aromatic heterocycles. The minimum Gasteiger partial charge on any atom is -0.483 e. The third kappa shape index (κ3) is 6.11. The van der Waals surface area contributed by atoms with E-state index in [0.29, 0.717) is 11.5 Å². The highest BCUT2D eigenvalue weighted by molar-refractivity contribution is 9.10. The summed E-state index contributed by atoms with van der Waals surface area (Å²) >= 11 is 3.33. The van der Waals surface area contributed by atoms with Crippen LogP contribution >= 0.6 is 15.9 Å². The fraction of sp³-hybridized carbons (Fsp3) is 0.222. The molecule has 0 aliphatic rings. The molecule has 6 nitrogen and oxygen atoms in total. The number of aryl methyl sites for hydroxylation is 1. The molecule has 0 unspecified atom stereocenters. The molecule has 2 N–H and O–H groups in total. The second-order valence-corrected chi connectivity index (χ2v) is 6.22. The molecule has 0 saturated carbocycles. The standard InChI is InChI=1S/C18H19BrN2O4/c1-12-6-3-4-9-16(12)24-11-17(22)20-21-18(23)13(2)25-15-8-5-7-14(19)10-15/h3-10,13H,11H2,1-2H3,(H,20,22)(H,21,23)/t13-/m1/s1. The van der Waals surface area contributed by atoms with Crippen LogP contribution < -0.4 is 20.3 Å². The lowest BCUT2D eigenvalue weighted by atomic mass is 10.2. The van der Waals surface area contributed by atoms with Crippen molar-refractivity contribution < 1.29 is 19.1 Å². The lowest BCUT2D eigenvalue weighted by molar-refractivity contribution is -0.133. The van der Waals surface area contributed by atoms with Gasteiger partial charge in [-0.1, -0.05) is 40.2 Å². The van der Waals surface area contributed by atoms with Gasteiger partial charge in [0.25, 0.3) is 11.8 Å². The van der Waals surface area contributed by atoms with E-state index in [1.807, 2.05) is 31.2 Å². The number of nitrogens with one attached hydrogen (secondary N) is 2. The van der Waals surface area contributed by atoms with Crippen LogP contribution in [0.1, 0.15) is 12.5 Å². The fourth-order valence-electron chi connectivity index (χ4n) is 1.93. The molecule has 0 fully saturated rings. The number of hydrogen-bond acceptors (Lipinski definition) is 4. The third-order valence-electron chi connectivity index (χ3n) is 3.26. The van der Waals surface area contributed by atoms with Crippen molar-refractivity contribution in [3.8, 4) is 11.5 Å². The Hall–Kier alpha value is -2.54. The SMILES string of the molecule is Cc1ccccc1OCC(=O)NNC(=O)[C@@H](C)Oc1cccc(Br)c1. The highest BCUT2D eigenvalue weighted by Crippen LogP contribution is 2.19. The van der Waals surface area contributed by atoms with E-state index in [1.165, 1.54) is 0 Å². The topological polar surface area (TPSA) is 76.7 Å². The van der Waals surface area contributed by atoms with Crippen LogP contribution in [0.4, 0.5) is 0 Å². The summed E-state index contributed by atoms with van der Waals surface area (Å²) in [6, 6.07) is 14.5. The second kappa shape index (κ2) is 9.08. The summed E-state index contributed by atoms with van der Waals surface area (Å²) in [5, 5.41) is 0. The van der Waals surface area contributed by atoms with Crippen molar-refractivity contribution in [2.75, 3.05) is 6.61 Å². The predicted molar refractivity (Wildman–Crippen MR) is 97.2 cm³/mol. The number of ether oxygens (including phenoxy) is 2. The molecule has 0 spiro atoms. The summed E-state index contributed by atoms with van der Waals surface area (Å²) in [6.07, 6.45) is -0.771. The van der Waals surface area contributed by atoms with Crippen molar-refractivity contribution in [1.29, 1.82) is 0 Å². The Bertz CT molecular complexity index is 751. The maximum absolute atomic E-state index is 12.0. The molecule has 2 aromatic carbocycles. The highest BCUT2D eigenvalue weighted by Gasteiger charge is 2.15. The Morgan fingerprint density at radius 1 is 1.12 bits per heavy atom. The van der Waals surface area contributed by atoms with Crippen molar-refractivity contribution in [2.24, 2.45) is 0 Å². The summed E-state index contributed by atoms with van der Waals surface area (Å²) in [5.41, 5.74) is 5.54. The largest absolute Gasteiger partial charge is 0.483 e. The van der Waals surface area contributed by atoms with Gasteiger partial charge in [0.2, 0.25) is 0 Å². The Balaban J connectivity index is 1.75. The van der Waals surface area contributed by atoms with Gasteiger partial charge in [-0.15, -0.1) is 0 Å². The lowest BCUT2D eigenvalue weighted by Gasteiger charge is -2.15. The van der Waals surface area contributed by atoms with E-state index < -0.39 is 17.9 Å². The van der Waals surface area contributed by atoms with Gasteiger partial charge in [-0.3, -0.25) is 20.4 Å². The molecule has 132 valence electrons. The van der Waals surface area contributed by atoms with E-state index >= 15 is 0 Å². The van der Waals surface area contributed by atoms with Crippen LogP contribution in [0.15, 0.2) is 53.0 Å². The summed E-state index contributed by atoms with van der Waals surface area (Å²) in [7, 11) is 0. The van der Waals surface area contributed by atoms with Gasteiger partial charge in [0.05, 0.1) is 0 Å². The van der Waals surface area contributed by atoms with Gasteiger partial charge in [0.1, 0.15) is 11.5 Å². The molecule has 0 radical (unpaired) electrons. The van der Waals surface area contributed by atoms with Crippen LogP contribution in [0.3, 0.4) is 0 Å². The van der Waals surface area contributed by atoms with E-state index in [-0.39, 0.29) is 6.61 Å². The highest BCUT2D eigenvalue weighted by atomic mass is 79.9. The molecule has 0 aliphatic heterocycles. The molecule has 0 heterocycles. The average molecular weight is 407 g/mol. The summed E-state index contributed by atoms with van der Waals surface area (Å²) < 4.78 is 11.8. The van der Waals surface area contributed by atoms with Crippen molar-refractivity contribution in [1.82, 2.24) is 10.9 Å². The monoisotopic (exact) mass is 406 g/mol. The number of amides is 2. The van der Waals surface area contributed by atoms with Gasteiger partial charge < -0.3 is 9.47 Å². The quantitative estimate of drug-likeness (QED) is 0.723. The molecule has 25 heavy (non-hydrogen) atoms. The van der Waals surface area contributed by atoms with Gasteiger partial charge in [-0.2, -0.15) is 0 Å². The van der Waals surface area contributed by atoms with Crippen LogP contribution in [0, 0.1) is 6.92 Å². The number of carbonyl (C=O) groups is 2. The van der Waals surface area contributed by atoms with Crippen LogP contribution in [-0.2, 0) is 9.59 Å². The van der Waals surface area contributed by atoms with Crippen molar-refractivity contribution in [3.63, 3.8) is 0 Å². The summed E-state index contributed by atoms with van der Waals surface area (Å²) in [5.74, 6) is 0.233. The predicted octanol–water partition coefficient (Wildman–Crippen LogP) is 2.75. The molecule has 1 atom stereocenters. The number of hydrogen-bond donors (Lipinski definition) is 2. The number of carbonyl (C=O) groups excluding carboxylic acids is 2. The zero-order valence-electron chi connectivity index (χ0n) is 13.9. The van der Waals surface area contributed by atoms with Gasteiger partial charge in [-0.25, -0.2) is 0 Å². The van der Waals surface area contributed by atoms with E-state index in [2.05, 4.69) is 26.8 Å². The van der Waals surface area contributed by atoms with Crippen LogP contribution in [0.25, 0.3) is 0 Å². The second-order valence-electron chi connectivity index (χ2n) is 5.31. The van der Waals surface area contributed by atoms with Crippen LogP contribution in [0.5, 0.6) is 11.5 Å². The van der Waals surface area contributed by atoms with E-state index in [1.54, 1.807) is 31.2 Å². The molecule has 0 aliphatic carbocycles. The van der Waals surface area contributed by atoms with Gasteiger partial charge in [0.15, 0.2) is 12.7 Å². The van der Waals surface area contributed by atoms with E-state index in [4.69, 9.17) is 9.47 Å². The van der Waals surface area contributed by atoms with Gasteiger partial charge >= 0.3 is 0 Å². The first-order valence-corrected chi connectivity index (χ1v) is 8.44. The van der Waals surface area contributed by atoms with Crippen molar-refractivity contribution in [3.05, 3.63) is 58.6 Å². The van der Waals surface area contributed by atoms with Crippen molar-refractivity contribution in [2.45, 2.75) is 20.0 Å². The normalized spacial score (nSPS) is 11.3. The Morgan fingerprint density at radius 2 is 1.88 bits per heavy atom. The first-order chi connectivity index (χ1) is 12.0. The van der Waals surface area contributed by atoms with E-state index in [9.17, 15) is 9.59 Å². The molecular formula is C18H19BrN2O4. The zero-order chi connectivity index (χ0) is 18.2. The number of benzene rings is 2. The Kier molecular flexibility index (Phi) is 6.82.